The minimum atomic E-state index is -1.71. The lowest BCUT2D eigenvalue weighted by Gasteiger charge is -2.30. The lowest BCUT2D eigenvalue weighted by molar-refractivity contribution is -0.142. The molecule has 1 aliphatic heterocycles. The molecular weight excluding hydrogens is 1110 g/mol. The number of phenolic OH excluding ortho intramolecular Hbond substituents is 1. The first-order valence-electron chi connectivity index (χ1n) is 28.0. The highest BCUT2D eigenvalue weighted by Crippen LogP contribution is 2.22. The first-order valence-corrected chi connectivity index (χ1v) is 28.0. The van der Waals surface area contributed by atoms with E-state index in [1.54, 1.807) is 43.5 Å². The number of ether oxygens (including phenoxy) is 1. The number of guanidine groups is 1. The summed E-state index contributed by atoms with van der Waals surface area (Å²) in [4.78, 5) is 133. The van der Waals surface area contributed by atoms with Crippen LogP contribution in [0.4, 0.5) is 4.79 Å². The van der Waals surface area contributed by atoms with Crippen LogP contribution < -0.4 is 54.0 Å². The number of aliphatic hydroxyl groups excluding tert-OH is 1. The predicted molar refractivity (Wildman–Crippen MR) is 317 cm³/mol. The normalized spacial score (nSPS) is 15.0. The zero-order chi connectivity index (χ0) is 60.6. The second-order valence-corrected chi connectivity index (χ2v) is 21.3. The van der Waals surface area contributed by atoms with Crippen molar-refractivity contribution in [3.05, 3.63) is 102 Å². The molecule has 5 rings (SSSR count). The quantitative estimate of drug-likeness (QED) is 0.0191. The summed E-state index contributed by atoms with van der Waals surface area (Å²) >= 11 is 0. The molecule has 26 heteroatoms. The standard InChI is InChI=1S/C58H81N13O12.ClH/c1-6-61-55(80)48-19-13-25-71(48)56(81)42(18-12-24-62-57(59)60)66-51(76)43(26-34(2)3)65-49(74)31-64-50(75)45(28-36-20-22-39(73)23-21-36)67-54(79)47(32-72)69-53(78)46(29-38-30-63-41-17-11-10-16-40(38)41)68-52(77)44(27-35(4)5)70-58(82)83-33-37-14-8-7-9-15-37;/h7-11,14-17,20-23,30,34-35,42-48,63,72-73H,6,12-13,18-19,24-29,31-33H2,1-5H3,(H,61,80)(H,64,75)(H,65,74)(H,66,76)(H,67,79)(H,68,77)(H,69,78)(H,70,82)(H4,59,60,62);1H/t42-,43-,44-,45-,46-,47-,48-;/m0./s1. The smallest absolute Gasteiger partial charge is 0.408 e. The zero-order valence-electron chi connectivity index (χ0n) is 48.1. The molecule has 0 saturated carbocycles. The van der Waals surface area contributed by atoms with Crippen molar-refractivity contribution in [3.8, 4) is 5.75 Å². The van der Waals surface area contributed by atoms with Gasteiger partial charge in [-0.2, -0.15) is 0 Å². The maximum Gasteiger partial charge on any atom is 0.408 e. The average Bonchev–Trinajstić information content (AvgIpc) is 4.29. The van der Waals surface area contributed by atoms with Crippen molar-refractivity contribution in [1.82, 2.24) is 52.4 Å². The monoisotopic (exact) mass is 1190 g/mol. The molecule has 9 amide bonds. The van der Waals surface area contributed by atoms with Gasteiger partial charge in [-0.1, -0.05) is 88.4 Å². The first kappa shape index (κ1) is 68.1. The number of aromatic amines is 1. The van der Waals surface area contributed by atoms with Crippen LogP contribution in [0.3, 0.4) is 0 Å². The van der Waals surface area contributed by atoms with Crippen LogP contribution in [0, 0.1) is 11.8 Å². The van der Waals surface area contributed by atoms with Crippen molar-refractivity contribution in [1.29, 1.82) is 0 Å². The van der Waals surface area contributed by atoms with Crippen LogP contribution in [0.25, 0.3) is 10.9 Å². The maximum absolute atomic E-state index is 14.4. The number of H-pyrrole nitrogens is 1. The first-order chi connectivity index (χ1) is 39.6. The van der Waals surface area contributed by atoms with E-state index in [1.807, 2.05) is 52.0 Å². The number of likely N-dealkylation sites (N-methyl/N-ethyl adjacent to an activating group) is 1. The third-order valence-corrected chi connectivity index (χ3v) is 13.6. The summed E-state index contributed by atoms with van der Waals surface area (Å²) < 4.78 is 5.40. The van der Waals surface area contributed by atoms with Crippen molar-refractivity contribution >= 4 is 82.6 Å². The molecule has 0 spiro atoms. The number of hydrogen-bond acceptors (Lipinski definition) is 13. The summed E-state index contributed by atoms with van der Waals surface area (Å²) in [6, 6.07) is 13.2. The van der Waals surface area contributed by atoms with Gasteiger partial charge in [-0.3, -0.25) is 43.3 Å². The van der Waals surface area contributed by atoms with E-state index >= 15 is 0 Å². The fraction of sp³-hybridized carbons (Fsp3) is 0.483. The van der Waals surface area contributed by atoms with Gasteiger partial charge in [0.15, 0.2) is 5.96 Å². The van der Waals surface area contributed by atoms with Gasteiger partial charge in [0.1, 0.15) is 54.6 Å². The molecule has 4 aromatic rings. The number of likely N-dealkylation sites (tertiary alicyclic amines) is 1. The fourth-order valence-corrected chi connectivity index (χ4v) is 9.50. The SMILES string of the molecule is CCNC(=O)[C@@H]1CCCN1C(=O)[C@H](CCCN=C(N)N)NC(=O)[C@H](CC(C)C)NC(=O)CNC(=O)[C@H](Cc1ccc(O)cc1)NC(=O)[C@H](CO)NC(=O)[C@H](Cc1c[nH]c2ccccc12)NC(=O)[C@H](CC(C)C)NC(=O)OCc1ccccc1.Cl. The molecule has 7 atom stereocenters. The van der Waals surface area contributed by atoms with Gasteiger partial charge in [0.25, 0.3) is 0 Å². The van der Waals surface area contributed by atoms with Crippen LogP contribution in [0.5, 0.6) is 5.75 Å². The molecule has 15 N–H and O–H groups in total. The minimum absolute atomic E-state index is 0. The van der Waals surface area contributed by atoms with Gasteiger partial charge < -0.3 is 78.8 Å². The topological polar surface area (TPSA) is 383 Å². The number of hydrogen-bond donors (Lipinski definition) is 13. The van der Waals surface area contributed by atoms with E-state index in [9.17, 15) is 53.4 Å². The van der Waals surface area contributed by atoms with Crippen molar-refractivity contribution in [2.24, 2.45) is 28.3 Å². The number of fused-ring (bicyclic) bond motifs is 1. The van der Waals surface area contributed by atoms with Crippen molar-refractivity contribution in [3.63, 3.8) is 0 Å². The van der Waals surface area contributed by atoms with Gasteiger partial charge in [0.05, 0.1) is 13.2 Å². The number of amides is 9. The Kier molecular flexibility index (Phi) is 27.7. The summed E-state index contributed by atoms with van der Waals surface area (Å²) in [5.41, 5.74) is 13.6. The molecule has 0 bridgehead atoms. The lowest BCUT2D eigenvalue weighted by Crippen LogP contribution is -2.60. The number of phenols is 1. The largest absolute Gasteiger partial charge is 0.508 e. The Morgan fingerprint density at radius 3 is 1.90 bits per heavy atom. The highest BCUT2D eigenvalue weighted by Gasteiger charge is 2.39. The van der Waals surface area contributed by atoms with Crippen molar-refractivity contribution < 1.29 is 58.1 Å². The van der Waals surface area contributed by atoms with E-state index in [0.717, 1.165) is 16.5 Å². The number of rotatable bonds is 31. The van der Waals surface area contributed by atoms with E-state index in [4.69, 9.17) is 16.2 Å². The van der Waals surface area contributed by atoms with Crippen LogP contribution in [-0.4, -0.2) is 154 Å². The predicted octanol–water partition coefficient (Wildman–Crippen LogP) is 1.18. The van der Waals surface area contributed by atoms with Gasteiger partial charge >= 0.3 is 6.09 Å². The number of aromatic hydroxyl groups is 1. The van der Waals surface area contributed by atoms with E-state index in [-0.39, 0.29) is 100 Å². The number of aliphatic imine (C=N–C) groups is 1. The van der Waals surface area contributed by atoms with Gasteiger partial charge in [0.2, 0.25) is 47.3 Å². The molecule has 1 saturated heterocycles. The number of aromatic nitrogens is 1. The Labute approximate surface area is 494 Å². The molecule has 1 aliphatic rings. The van der Waals surface area contributed by atoms with Gasteiger partial charge in [-0.25, -0.2) is 4.79 Å². The van der Waals surface area contributed by atoms with Crippen LogP contribution in [0.15, 0.2) is 90.1 Å². The Bertz CT molecular complexity index is 2870. The van der Waals surface area contributed by atoms with Gasteiger partial charge in [-0.05, 0) is 92.2 Å². The van der Waals surface area contributed by atoms with Gasteiger partial charge in [-0.15, -0.1) is 12.4 Å². The molecular formula is C58H82ClN13O12. The Morgan fingerprint density at radius 2 is 1.27 bits per heavy atom. The molecule has 25 nitrogen and oxygen atoms in total. The number of aliphatic hydroxyl groups is 1. The number of benzene rings is 3. The van der Waals surface area contributed by atoms with Crippen molar-refractivity contribution in [2.75, 3.05) is 32.8 Å². The van der Waals surface area contributed by atoms with Crippen LogP contribution >= 0.6 is 12.4 Å². The van der Waals surface area contributed by atoms with Crippen LogP contribution in [0.1, 0.15) is 89.8 Å². The number of nitrogens with two attached hydrogens (primary N) is 2. The lowest BCUT2D eigenvalue weighted by atomic mass is 10.0. The van der Waals surface area contributed by atoms with Crippen molar-refractivity contribution in [2.45, 2.75) is 135 Å². The van der Waals surface area contributed by atoms with E-state index in [2.05, 4.69) is 52.5 Å². The van der Waals surface area contributed by atoms with E-state index in [0.29, 0.717) is 30.5 Å². The summed E-state index contributed by atoms with van der Waals surface area (Å²) in [7, 11) is 0. The molecule has 0 radical (unpaired) electrons. The second-order valence-electron chi connectivity index (χ2n) is 21.3. The highest BCUT2D eigenvalue weighted by molar-refractivity contribution is 5.98. The van der Waals surface area contributed by atoms with E-state index in [1.165, 1.54) is 29.2 Å². The molecule has 84 heavy (non-hydrogen) atoms. The molecule has 2 heterocycles. The molecule has 458 valence electrons. The average molecular weight is 1190 g/mol. The Hall–Kier alpha value is -8.45. The molecule has 0 unspecified atom stereocenters. The second kappa shape index (κ2) is 34.2. The molecule has 1 aromatic heterocycles. The summed E-state index contributed by atoms with van der Waals surface area (Å²) in [5, 5.41) is 42.5. The number of halogens is 1. The summed E-state index contributed by atoms with van der Waals surface area (Å²) in [5.74, 6) is -6.33. The Balaban J connectivity index is 0.0000151. The maximum atomic E-state index is 14.4. The molecule has 0 aliphatic carbocycles. The minimum Gasteiger partial charge on any atom is -0.508 e. The zero-order valence-corrected chi connectivity index (χ0v) is 48.9. The third-order valence-electron chi connectivity index (χ3n) is 13.6. The number of para-hydroxylation sites is 1. The third kappa shape index (κ3) is 21.7. The van der Waals surface area contributed by atoms with Gasteiger partial charge in [0, 0.05) is 49.6 Å². The van der Waals surface area contributed by atoms with Crippen LogP contribution in [-0.2, 0) is 62.5 Å². The van der Waals surface area contributed by atoms with E-state index < -0.39 is 103 Å². The number of nitrogens with one attached hydrogen (secondary N) is 9. The summed E-state index contributed by atoms with van der Waals surface area (Å²) in [6.07, 6.45) is 2.15. The molecule has 1 fully saturated rings. The number of nitrogens with zero attached hydrogens (tertiary/aromatic N) is 2. The fourth-order valence-electron chi connectivity index (χ4n) is 9.50. The Morgan fingerprint density at radius 1 is 0.690 bits per heavy atom. The van der Waals surface area contributed by atoms with Crippen LogP contribution in [0.2, 0.25) is 0 Å². The highest BCUT2D eigenvalue weighted by atomic mass is 35.5. The summed E-state index contributed by atoms with van der Waals surface area (Å²) in [6.45, 7) is 8.17. The molecule has 3 aromatic carbocycles. The number of carbonyl (C=O) groups excluding carboxylic acids is 9. The number of alkyl carbamates (subject to hydrolysis) is 1. The number of carbonyl (C=O) groups is 9.